The Kier molecular flexibility index (Phi) is 7.44. The van der Waals surface area contributed by atoms with Crippen molar-refractivity contribution in [2.24, 2.45) is 4.99 Å². The van der Waals surface area contributed by atoms with Gasteiger partial charge in [0.15, 0.2) is 5.96 Å². The van der Waals surface area contributed by atoms with Crippen LogP contribution in [0.25, 0.3) is 0 Å². The highest BCUT2D eigenvalue weighted by molar-refractivity contribution is 5.80. The van der Waals surface area contributed by atoms with Gasteiger partial charge >= 0.3 is 0 Å². The normalized spacial score (nSPS) is 24.8. The molecule has 0 amide bonds. The number of benzene rings is 1. The molecule has 29 heavy (non-hydrogen) atoms. The second kappa shape index (κ2) is 10.4. The fourth-order valence-electron chi connectivity index (χ4n) is 5.26. The van der Waals surface area contributed by atoms with Crippen LogP contribution in [0.4, 0.5) is 0 Å². The van der Waals surface area contributed by atoms with E-state index in [2.05, 4.69) is 49.3 Å². The zero-order chi connectivity index (χ0) is 19.9. The van der Waals surface area contributed by atoms with Crippen LogP contribution in [0.1, 0.15) is 56.1 Å². The molecule has 0 radical (unpaired) electrons. The van der Waals surface area contributed by atoms with E-state index in [4.69, 9.17) is 0 Å². The van der Waals surface area contributed by atoms with E-state index in [1.807, 2.05) is 7.05 Å². The smallest absolute Gasteiger partial charge is 0.193 e. The second-order valence-electron chi connectivity index (χ2n) is 8.99. The summed E-state index contributed by atoms with van der Waals surface area (Å²) < 4.78 is 0. The van der Waals surface area contributed by atoms with Gasteiger partial charge in [0, 0.05) is 39.3 Å². The average Bonchev–Trinajstić information content (AvgIpc) is 3.38. The molecule has 1 unspecified atom stereocenters. The van der Waals surface area contributed by atoms with Crippen molar-refractivity contribution in [2.45, 2.75) is 64.1 Å². The SMILES string of the molecule is CN=C(NCc1ccccc1CN1CCCCCC1)N1CCC(N2CCCC2)C1. The summed E-state index contributed by atoms with van der Waals surface area (Å²) in [5.74, 6) is 1.07. The van der Waals surface area contributed by atoms with E-state index < -0.39 is 0 Å². The predicted molar refractivity (Wildman–Crippen MR) is 121 cm³/mol. The van der Waals surface area contributed by atoms with Crippen LogP contribution in [0, 0.1) is 0 Å². The molecule has 3 aliphatic heterocycles. The Morgan fingerprint density at radius 1 is 0.931 bits per heavy atom. The standard InChI is InChI=1S/C24H39N5/c1-25-24(29-17-12-23(20-29)28-15-8-9-16-28)26-18-21-10-4-5-11-22(21)19-27-13-6-2-3-7-14-27/h4-5,10-11,23H,2-3,6-9,12-20H2,1H3,(H,25,26). The first kappa shape index (κ1) is 20.7. The van der Waals surface area contributed by atoms with Gasteiger partial charge in [-0.25, -0.2) is 0 Å². The van der Waals surface area contributed by atoms with E-state index in [0.29, 0.717) is 6.04 Å². The lowest BCUT2D eigenvalue weighted by Crippen LogP contribution is -2.42. The van der Waals surface area contributed by atoms with Crippen molar-refractivity contribution in [3.8, 4) is 0 Å². The molecule has 1 N–H and O–H groups in total. The lowest BCUT2D eigenvalue weighted by Gasteiger charge is -2.26. The summed E-state index contributed by atoms with van der Waals surface area (Å²) in [7, 11) is 1.93. The maximum Gasteiger partial charge on any atom is 0.193 e. The molecule has 3 fully saturated rings. The molecule has 3 saturated heterocycles. The molecular weight excluding hydrogens is 358 g/mol. The van der Waals surface area contributed by atoms with Crippen molar-refractivity contribution in [1.29, 1.82) is 0 Å². The molecule has 0 spiro atoms. The molecule has 1 aromatic rings. The van der Waals surface area contributed by atoms with Crippen LogP contribution in [0.2, 0.25) is 0 Å². The van der Waals surface area contributed by atoms with Gasteiger partial charge in [-0.05, 0) is 69.4 Å². The molecule has 1 aromatic carbocycles. The largest absolute Gasteiger partial charge is 0.352 e. The van der Waals surface area contributed by atoms with Crippen molar-refractivity contribution in [3.63, 3.8) is 0 Å². The van der Waals surface area contributed by atoms with Crippen LogP contribution in [0.5, 0.6) is 0 Å². The summed E-state index contributed by atoms with van der Waals surface area (Å²) in [5.41, 5.74) is 2.88. The van der Waals surface area contributed by atoms with Crippen LogP contribution in [-0.2, 0) is 13.1 Å². The van der Waals surface area contributed by atoms with Gasteiger partial charge < -0.3 is 10.2 Å². The highest BCUT2D eigenvalue weighted by atomic mass is 15.3. The summed E-state index contributed by atoms with van der Waals surface area (Å²) in [6.45, 7) is 9.25. The van der Waals surface area contributed by atoms with Gasteiger partial charge in [-0.1, -0.05) is 37.1 Å². The predicted octanol–water partition coefficient (Wildman–Crippen LogP) is 3.31. The molecule has 3 aliphatic rings. The highest BCUT2D eigenvalue weighted by Gasteiger charge is 2.30. The zero-order valence-corrected chi connectivity index (χ0v) is 18.3. The number of hydrogen-bond acceptors (Lipinski definition) is 3. The number of aliphatic imine (C=N–C) groups is 1. The third kappa shape index (κ3) is 5.52. The lowest BCUT2D eigenvalue weighted by molar-refractivity contribution is 0.249. The third-order valence-corrected chi connectivity index (χ3v) is 6.98. The number of likely N-dealkylation sites (tertiary alicyclic amines) is 3. The Balaban J connectivity index is 1.33. The molecule has 3 heterocycles. The second-order valence-corrected chi connectivity index (χ2v) is 8.99. The first-order valence-electron chi connectivity index (χ1n) is 11.8. The van der Waals surface area contributed by atoms with Gasteiger partial charge in [0.1, 0.15) is 0 Å². The van der Waals surface area contributed by atoms with Gasteiger partial charge in [-0.3, -0.25) is 14.8 Å². The minimum absolute atomic E-state index is 0.714. The summed E-state index contributed by atoms with van der Waals surface area (Å²) in [6, 6.07) is 9.66. The topological polar surface area (TPSA) is 34.1 Å². The fraction of sp³-hybridized carbons (Fsp3) is 0.708. The maximum absolute atomic E-state index is 4.61. The van der Waals surface area contributed by atoms with E-state index in [1.165, 1.54) is 82.3 Å². The summed E-state index contributed by atoms with van der Waals surface area (Å²) >= 11 is 0. The molecule has 160 valence electrons. The van der Waals surface area contributed by atoms with Gasteiger partial charge in [0.05, 0.1) is 0 Å². The first-order valence-corrected chi connectivity index (χ1v) is 11.8. The molecule has 0 saturated carbocycles. The Hall–Kier alpha value is -1.59. The molecule has 0 aromatic heterocycles. The van der Waals surface area contributed by atoms with Crippen LogP contribution in [0.15, 0.2) is 29.3 Å². The first-order chi connectivity index (χ1) is 14.3. The van der Waals surface area contributed by atoms with E-state index in [0.717, 1.165) is 32.1 Å². The number of nitrogens with one attached hydrogen (secondary N) is 1. The minimum atomic E-state index is 0.714. The number of guanidine groups is 1. The van der Waals surface area contributed by atoms with Gasteiger partial charge in [-0.2, -0.15) is 0 Å². The molecule has 0 aliphatic carbocycles. The van der Waals surface area contributed by atoms with Gasteiger partial charge in [0.2, 0.25) is 0 Å². The van der Waals surface area contributed by atoms with Crippen LogP contribution in [-0.4, -0.2) is 73.0 Å². The van der Waals surface area contributed by atoms with Crippen LogP contribution in [0.3, 0.4) is 0 Å². The van der Waals surface area contributed by atoms with Gasteiger partial charge in [-0.15, -0.1) is 0 Å². The monoisotopic (exact) mass is 397 g/mol. The maximum atomic E-state index is 4.61. The van der Waals surface area contributed by atoms with Crippen LogP contribution >= 0.6 is 0 Å². The van der Waals surface area contributed by atoms with E-state index in [9.17, 15) is 0 Å². The Labute approximate surface area is 177 Å². The van der Waals surface area contributed by atoms with Crippen molar-refractivity contribution < 1.29 is 0 Å². The van der Waals surface area contributed by atoms with E-state index >= 15 is 0 Å². The summed E-state index contributed by atoms with van der Waals surface area (Å²) in [4.78, 5) is 12.4. The molecule has 5 nitrogen and oxygen atoms in total. The van der Waals surface area contributed by atoms with Crippen LogP contribution < -0.4 is 5.32 Å². The van der Waals surface area contributed by atoms with Crippen molar-refractivity contribution >= 4 is 5.96 Å². The summed E-state index contributed by atoms with van der Waals surface area (Å²) in [5, 5.41) is 3.67. The molecule has 5 heteroatoms. The van der Waals surface area contributed by atoms with Gasteiger partial charge in [0.25, 0.3) is 0 Å². The third-order valence-electron chi connectivity index (χ3n) is 6.98. The molecular formula is C24H39N5. The fourth-order valence-corrected chi connectivity index (χ4v) is 5.26. The quantitative estimate of drug-likeness (QED) is 0.611. The molecule has 1 atom stereocenters. The molecule has 0 bridgehead atoms. The Morgan fingerprint density at radius 3 is 2.34 bits per heavy atom. The van der Waals surface area contributed by atoms with Crippen molar-refractivity contribution in [3.05, 3.63) is 35.4 Å². The Bertz CT molecular complexity index is 659. The van der Waals surface area contributed by atoms with Crippen molar-refractivity contribution in [2.75, 3.05) is 46.3 Å². The minimum Gasteiger partial charge on any atom is -0.352 e. The summed E-state index contributed by atoms with van der Waals surface area (Å²) in [6.07, 6.45) is 9.50. The average molecular weight is 398 g/mol. The zero-order valence-electron chi connectivity index (χ0n) is 18.3. The number of hydrogen-bond donors (Lipinski definition) is 1. The number of rotatable bonds is 5. The lowest BCUT2D eigenvalue weighted by atomic mass is 10.1. The van der Waals surface area contributed by atoms with E-state index in [1.54, 1.807) is 0 Å². The number of nitrogens with zero attached hydrogens (tertiary/aromatic N) is 4. The molecule has 4 rings (SSSR count). The highest BCUT2D eigenvalue weighted by Crippen LogP contribution is 2.21. The van der Waals surface area contributed by atoms with Crippen molar-refractivity contribution in [1.82, 2.24) is 20.0 Å². The Morgan fingerprint density at radius 2 is 1.62 bits per heavy atom. The van der Waals surface area contributed by atoms with E-state index in [-0.39, 0.29) is 0 Å².